The van der Waals surface area contributed by atoms with E-state index in [2.05, 4.69) is 22.9 Å². The Hall–Kier alpha value is -4.13. The second kappa shape index (κ2) is 9.34. The van der Waals surface area contributed by atoms with Crippen LogP contribution in [0, 0.1) is 23.2 Å². The van der Waals surface area contributed by atoms with E-state index in [1.165, 1.54) is 11.1 Å². The third-order valence-corrected chi connectivity index (χ3v) is 5.57. The summed E-state index contributed by atoms with van der Waals surface area (Å²) in [6.45, 7) is -0.237. The van der Waals surface area contributed by atoms with Crippen LogP contribution < -0.4 is 4.74 Å². The number of hydrogen-bond donors (Lipinski definition) is 1. The van der Waals surface area contributed by atoms with Crippen LogP contribution in [0.2, 0.25) is 0 Å². The van der Waals surface area contributed by atoms with E-state index in [1.807, 2.05) is 48.5 Å². The molecule has 1 N–H and O–H groups in total. The quantitative estimate of drug-likeness (QED) is 0.652. The summed E-state index contributed by atoms with van der Waals surface area (Å²) in [5.74, 6) is 6.35. The Morgan fingerprint density at radius 1 is 1.09 bits per heavy atom. The average Bonchev–Trinajstić information content (AvgIpc) is 2.84. The number of nitrogens with zero attached hydrogens (tertiary/aromatic N) is 3. The van der Waals surface area contributed by atoms with Crippen molar-refractivity contribution < 1.29 is 14.6 Å². The number of aromatic nitrogens is 1. The van der Waals surface area contributed by atoms with Gasteiger partial charge in [0.2, 0.25) is 0 Å². The van der Waals surface area contributed by atoms with Crippen LogP contribution in [-0.2, 0) is 0 Å². The predicted molar refractivity (Wildman–Crippen MR) is 119 cm³/mol. The molecule has 6 heteroatoms. The molecule has 1 aromatic heterocycles. The van der Waals surface area contributed by atoms with E-state index in [1.54, 1.807) is 25.3 Å². The van der Waals surface area contributed by atoms with E-state index in [-0.39, 0.29) is 24.1 Å². The molecule has 1 aliphatic rings. The predicted octanol–water partition coefficient (Wildman–Crippen LogP) is 2.98. The summed E-state index contributed by atoms with van der Waals surface area (Å²) >= 11 is 0. The lowest BCUT2D eigenvalue weighted by molar-refractivity contribution is -0.00629. The van der Waals surface area contributed by atoms with Crippen molar-refractivity contribution >= 4 is 5.91 Å². The molecule has 2 heterocycles. The van der Waals surface area contributed by atoms with Crippen molar-refractivity contribution in [3.63, 3.8) is 0 Å². The largest absolute Gasteiger partial charge is 0.497 e. The van der Waals surface area contributed by atoms with E-state index in [0.717, 1.165) is 22.4 Å². The maximum atomic E-state index is 12.8. The van der Waals surface area contributed by atoms with Gasteiger partial charge in [0, 0.05) is 23.2 Å². The summed E-state index contributed by atoms with van der Waals surface area (Å²) in [7, 11) is 1.62. The van der Waals surface area contributed by atoms with E-state index in [9.17, 15) is 15.2 Å². The molecule has 0 spiro atoms. The number of nitriles is 1. The number of amides is 1. The van der Waals surface area contributed by atoms with Gasteiger partial charge in [-0.3, -0.25) is 9.78 Å². The van der Waals surface area contributed by atoms with E-state index in [4.69, 9.17) is 4.74 Å². The van der Waals surface area contributed by atoms with E-state index in [0.29, 0.717) is 0 Å². The maximum absolute atomic E-state index is 12.8. The molecule has 1 saturated heterocycles. The minimum atomic E-state index is -0.671. The first-order valence-corrected chi connectivity index (χ1v) is 10.2. The highest BCUT2D eigenvalue weighted by Crippen LogP contribution is 2.41. The molecule has 0 radical (unpaired) electrons. The molecular formula is C26H21N3O3. The zero-order valence-electron chi connectivity index (χ0n) is 17.5. The number of carbonyl (C=O) groups is 1. The fraction of sp³-hybridized carbons (Fsp3) is 0.192. The average molecular weight is 423 g/mol. The summed E-state index contributed by atoms with van der Waals surface area (Å²) in [4.78, 5) is 18.3. The van der Waals surface area contributed by atoms with Crippen molar-refractivity contribution in [2.75, 3.05) is 13.7 Å². The normalized spacial score (nSPS) is 19.2. The summed E-state index contributed by atoms with van der Waals surface area (Å²) in [5, 5.41) is 19.7. The number of methoxy groups -OCH3 is 1. The first kappa shape index (κ1) is 21.1. The highest BCUT2D eigenvalue weighted by molar-refractivity contribution is 5.94. The van der Waals surface area contributed by atoms with Crippen molar-refractivity contribution in [2.45, 2.75) is 18.0 Å². The van der Waals surface area contributed by atoms with Gasteiger partial charge in [0.05, 0.1) is 25.8 Å². The monoisotopic (exact) mass is 423 g/mol. The molecule has 3 atom stereocenters. The van der Waals surface area contributed by atoms with Gasteiger partial charge in [-0.25, -0.2) is 0 Å². The first-order valence-electron chi connectivity index (χ1n) is 10.2. The van der Waals surface area contributed by atoms with Crippen LogP contribution in [0.15, 0.2) is 72.9 Å². The molecule has 6 nitrogen and oxygen atoms in total. The van der Waals surface area contributed by atoms with Crippen molar-refractivity contribution in [1.29, 1.82) is 5.26 Å². The van der Waals surface area contributed by atoms with Crippen molar-refractivity contribution in [3.05, 3.63) is 95.3 Å². The molecule has 1 amide bonds. The Morgan fingerprint density at radius 2 is 1.88 bits per heavy atom. The minimum absolute atomic E-state index is 0.237. The lowest BCUT2D eigenvalue weighted by Crippen LogP contribution is -2.65. The van der Waals surface area contributed by atoms with Crippen LogP contribution in [-0.4, -0.2) is 46.7 Å². The summed E-state index contributed by atoms with van der Waals surface area (Å²) < 4.78 is 5.22. The molecule has 4 rings (SSSR count). The fourth-order valence-electron chi connectivity index (χ4n) is 3.94. The maximum Gasteiger partial charge on any atom is 0.273 e. The topological polar surface area (TPSA) is 86.5 Å². The fourth-order valence-corrected chi connectivity index (χ4v) is 3.94. The second-order valence-corrected chi connectivity index (χ2v) is 7.38. The van der Waals surface area contributed by atoms with Gasteiger partial charge in [-0.15, -0.1) is 0 Å². The Morgan fingerprint density at radius 3 is 2.53 bits per heavy atom. The van der Waals surface area contributed by atoms with Gasteiger partial charge in [-0.2, -0.15) is 5.26 Å². The van der Waals surface area contributed by atoms with Crippen LogP contribution in [0.5, 0.6) is 5.75 Å². The van der Waals surface area contributed by atoms with Gasteiger partial charge in [0.25, 0.3) is 5.91 Å². The second-order valence-electron chi connectivity index (χ2n) is 7.38. The van der Waals surface area contributed by atoms with Gasteiger partial charge in [0.15, 0.2) is 0 Å². The molecule has 0 bridgehead atoms. The number of aliphatic hydroxyl groups excluding tert-OH is 1. The van der Waals surface area contributed by atoms with Crippen LogP contribution >= 0.6 is 0 Å². The number of carbonyl (C=O) groups excluding carboxylic acids is 1. The van der Waals surface area contributed by atoms with Gasteiger partial charge < -0.3 is 14.7 Å². The molecule has 0 saturated carbocycles. The Bertz CT molecular complexity index is 1210. The third-order valence-electron chi connectivity index (χ3n) is 5.57. The van der Waals surface area contributed by atoms with Gasteiger partial charge >= 0.3 is 0 Å². The third kappa shape index (κ3) is 4.05. The van der Waals surface area contributed by atoms with Crippen LogP contribution in [0.4, 0.5) is 0 Å². The lowest BCUT2D eigenvalue weighted by atomic mass is 9.75. The molecule has 0 aliphatic carbocycles. The number of pyridine rings is 1. The molecule has 0 unspecified atom stereocenters. The van der Waals surface area contributed by atoms with Crippen molar-refractivity contribution in [2.24, 2.45) is 0 Å². The number of likely N-dealkylation sites (tertiary alicyclic amines) is 1. The Kier molecular flexibility index (Phi) is 6.17. The summed E-state index contributed by atoms with van der Waals surface area (Å²) in [6, 6.07) is 21.2. The summed E-state index contributed by atoms with van der Waals surface area (Å²) in [5.41, 5.74) is 2.81. The molecule has 158 valence electrons. The van der Waals surface area contributed by atoms with E-state index < -0.39 is 12.1 Å². The van der Waals surface area contributed by atoms with Crippen LogP contribution in [0.25, 0.3) is 0 Å². The van der Waals surface area contributed by atoms with E-state index >= 15 is 0 Å². The summed E-state index contributed by atoms with van der Waals surface area (Å²) in [6.07, 6.45) is 1.53. The first-order chi connectivity index (χ1) is 15.7. The smallest absolute Gasteiger partial charge is 0.273 e. The highest BCUT2D eigenvalue weighted by atomic mass is 16.5. The van der Waals surface area contributed by atoms with Crippen molar-refractivity contribution in [1.82, 2.24) is 9.88 Å². The number of hydrogen-bond acceptors (Lipinski definition) is 5. The Labute approximate surface area is 186 Å². The molecule has 2 aromatic carbocycles. The Balaban J connectivity index is 1.53. The SMILES string of the molecule is COc1cccc(C#Cc2ccc([C@@H]3[C@@H](C#N)N(C(=O)c4ccccn4)[C@@H]3CO)cc2)c1. The van der Waals surface area contributed by atoms with Gasteiger partial charge in [-0.1, -0.05) is 36.1 Å². The molecule has 1 aliphatic heterocycles. The zero-order chi connectivity index (χ0) is 22.5. The molecule has 32 heavy (non-hydrogen) atoms. The minimum Gasteiger partial charge on any atom is -0.497 e. The molecule has 3 aromatic rings. The standard InChI is InChI=1S/C26H21N3O3/c1-32-21-6-4-5-19(15-21)9-8-18-10-12-20(13-11-18)25-23(16-27)29(24(25)17-30)26(31)22-7-2-3-14-28-22/h2-7,10-15,23-25,30H,17H2,1H3/t23-,24-,25-/m1/s1. The van der Waals surface area contributed by atoms with Crippen molar-refractivity contribution in [3.8, 4) is 23.7 Å². The number of rotatable bonds is 4. The lowest BCUT2D eigenvalue weighted by Gasteiger charge is -2.51. The number of aliphatic hydroxyl groups is 1. The van der Waals surface area contributed by atoms with Gasteiger partial charge in [0.1, 0.15) is 17.5 Å². The zero-order valence-corrected chi connectivity index (χ0v) is 17.5. The van der Waals surface area contributed by atoms with Crippen LogP contribution in [0.1, 0.15) is 33.1 Å². The van der Waals surface area contributed by atoms with Crippen LogP contribution in [0.3, 0.4) is 0 Å². The molecular weight excluding hydrogens is 402 g/mol. The number of ether oxygens (including phenoxy) is 1. The highest BCUT2D eigenvalue weighted by Gasteiger charge is 2.52. The molecule has 1 fully saturated rings. The number of benzene rings is 2. The van der Waals surface area contributed by atoms with Gasteiger partial charge in [-0.05, 0) is 48.0 Å².